The highest BCUT2D eigenvalue weighted by atomic mass is 16.4. The van der Waals surface area contributed by atoms with Crippen molar-refractivity contribution in [1.82, 2.24) is 9.97 Å². The first-order valence-electron chi connectivity index (χ1n) is 14.2. The molecule has 0 fully saturated rings. The SMILES string of the molecule is OB(O)c1ccc(-c2ccc(-c3cc(-c4ccc(-c5ccccc5)cc4)nc(-c4ccccc4)n3)c3ccccc23)cc1. The highest BCUT2D eigenvalue weighted by Crippen LogP contribution is 2.37. The highest BCUT2D eigenvalue weighted by molar-refractivity contribution is 6.58. The molecule has 0 aliphatic heterocycles. The van der Waals surface area contributed by atoms with E-state index in [0.717, 1.165) is 55.5 Å². The van der Waals surface area contributed by atoms with Gasteiger partial charge in [-0.3, -0.25) is 0 Å². The van der Waals surface area contributed by atoms with Gasteiger partial charge in [0, 0.05) is 16.7 Å². The van der Waals surface area contributed by atoms with Crippen LogP contribution in [0.5, 0.6) is 0 Å². The Morgan fingerprint density at radius 1 is 0.395 bits per heavy atom. The van der Waals surface area contributed by atoms with Crippen molar-refractivity contribution in [2.24, 2.45) is 0 Å². The number of nitrogens with zero attached hydrogens (tertiary/aromatic N) is 2. The molecule has 0 radical (unpaired) electrons. The average Bonchev–Trinajstić information content (AvgIpc) is 3.08. The molecule has 6 aromatic carbocycles. The second kappa shape index (κ2) is 11.5. The molecular weight excluding hydrogens is 527 g/mol. The fourth-order valence-electron chi connectivity index (χ4n) is 5.52. The summed E-state index contributed by atoms with van der Waals surface area (Å²) >= 11 is 0. The number of fused-ring (bicyclic) bond motifs is 1. The van der Waals surface area contributed by atoms with Crippen LogP contribution in [-0.4, -0.2) is 27.1 Å². The van der Waals surface area contributed by atoms with Gasteiger partial charge in [0.1, 0.15) is 0 Å². The summed E-state index contributed by atoms with van der Waals surface area (Å²) in [5, 5.41) is 21.2. The minimum absolute atomic E-state index is 0.462. The number of hydrogen-bond acceptors (Lipinski definition) is 4. The van der Waals surface area contributed by atoms with E-state index < -0.39 is 7.12 Å². The lowest BCUT2D eigenvalue weighted by Gasteiger charge is -2.14. The molecule has 204 valence electrons. The van der Waals surface area contributed by atoms with Crippen molar-refractivity contribution in [2.45, 2.75) is 0 Å². The molecular formula is C38H27BN2O2. The molecule has 4 nitrogen and oxygen atoms in total. The second-order valence-corrected chi connectivity index (χ2v) is 10.5. The summed E-state index contributed by atoms with van der Waals surface area (Å²) in [5.74, 6) is 0.673. The molecule has 5 heteroatoms. The van der Waals surface area contributed by atoms with E-state index >= 15 is 0 Å². The Morgan fingerprint density at radius 2 is 0.884 bits per heavy atom. The van der Waals surface area contributed by atoms with E-state index in [1.54, 1.807) is 12.1 Å². The zero-order chi connectivity index (χ0) is 29.2. The van der Waals surface area contributed by atoms with Crippen molar-refractivity contribution in [2.75, 3.05) is 0 Å². The predicted molar refractivity (Wildman–Crippen MR) is 177 cm³/mol. The van der Waals surface area contributed by atoms with Gasteiger partial charge in [-0.25, -0.2) is 9.97 Å². The third kappa shape index (κ3) is 5.35. The molecule has 0 spiro atoms. The Morgan fingerprint density at radius 3 is 1.53 bits per heavy atom. The standard InChI is InChI=1S/C38H27BN2O2/c42-39(43)31-21-19-28(20-22-31)32-23-24-35(34-14-8-7-13-33(32)34)37-25-36(40-38(41-37)30-11-5-2-6-12-30)29-17-15-27(16-18-29)26-9-3-1-4-10-26/h1-25,42-43H. The van der Waals surface area contributed by atoms with Gasteiger partial charge in [0.05, 0.1) is 11.4 Å². The van der Waals surface area contributed by atoms with E-state index in [1.165, 1.54) is 5.56 Å². The van der Waals surface area contributed by atoms with Crippen molar-refractivity contribution < 1.29 is 10.0 Å². The van der Waals surface area contributed by atoms with Gasteiger partial charge in [-0.2, -0.15) is 0 Å². The van der Waals surface area contributed by atoms with Gasteiger partial charge in [0.15, 0.2) is 5.82 Å². The normalized spacial score (nSPS) is 11.0. The first kappa shape index (κ1) is 26.5. The van der Waals surface area contributed by atoms with Crippen LogP contribution in [0.3, 0.4) is 0 Å². The Kier molecular flexibility index (Phi) is 7.09. The molecule has 0 unspecified atom stereocenters. The van der Waals surface area contributed by atoms with Gasteiger partial charge < -0.3 is 10.0 Å². The van der Waals surface area contributed by atoms with Crippen molar-refractivity contribution in [1.29, 1.82) is 0 Å². The van der Waals surface area contributed by atoms with Crippen LogP contribution >= 0.6 is 0 Å². The molecule has 2 N–H and O–H groups in total. The van der Waals surface area contributed by atoms with Gasteiger partial charge >= 0.3 is 7.12 Å². The molecule has 0 amide bonds. The van der Waals surface area contributed by atoms with E-state index in [-0.39, 0.29) is 0 Å². The van der Waals surface area contributed by atoms with Gasteiger partial charge in [0.25, 0.3) is 0 Å². The number of hydrogen-bond donors (Lipinski definition) is 2. The van der Waals surface area contributed by atoms with Gasteiger partial charge in [-0.05, 0) is 44.6 Å². The van der Waals surface area contributed by atoms with E-state index in [2.05, 4.69) is 78.9 Å². The highest BCUT2D eigenvalue weighted by Gasteiger charge is 2.16. The van der Waals surface area contributed by atoms with Crippen LogP contribution in [0.15, 0.2) is 152 Å². The van der Waals surface area contributed by atoms with Crippen LogP contribution in [0.25, 0.3) is 66.9 Å². The zero-order valence-corrected chi connectivity index (χ0v) is 23.3. The molecule has 0 bridgehead atoms. The molecule has 0 aliphatic rings. The average molecular weight is 554 g/mol. The number of benzene rings is 6. The lowest BCUT2D eigenvalue weighted by atomic mass is 9.79. The van der Waals surface area contributed by atoms with E-state index in [4.69, 9.17) is 9.97 Å². The largest absolute Gasteiger partial charge is 0.488 e. The van der Waals surface area contributed by atoms with Crippen LogP contribution in [0.4, 0.5) is 0 Å². The molecule has 7 rings (SSSR count). The third-order valence-corrected chi connectivity index (χ3v) is 7.77. The molecule has 0 saturated heterocycles. The topological polar surface area (TPSA) is 66.2 Å². The maximum absolute atomic E-state index is 9.54. The van der Waals surface area contributed by atoms with Gasteiger partial charge in [0.2, 0.25) is 0 Å². The van der Waals surface area contributed by atoms with Crippen LogP contribution in [0.2, 0.25) is 0 Å². The molecule has 43 heavy (non-hydrogen) atoms. The summed E-state index contributed by atoms with van der Waals surface area (Å²) in [6.07, 6.45) is 0. The molecule has 0 aliphatic carbocycles. The smallest absolute Gasteiger partial charge is 0.423 e. The molecule has 0 atom stereocenters. The second-order valence-electron chi connectivity index (χ2n) is 10.5. The maximum Gasteiger partial charge on any atom is 0.488 e. The van der Waals surface area contributed by atoms with Crippen LogP contribution in [0.1, 0.15) is 0 Å². The summed E-state index contributed by atoms with van der Waals surface area (Å²) in [6, 6.07) is 50.9. The lowest BCUT2D eigenvalue weighted by Crippen LogP contribution is -2.29. The van der Waals surface area contributed by atoms with Crippen molar-refractivity contribution in [3.05, 3.63) is 152 Å². The Labute approximate surface area is 250 Å². The summed E-state index contributed by atoms with van der Waals surface area (Å²) in [6.45, 7) is 0. The maximum atomic E-state index is 9.54. The molecule has 1 heterocycles. The Hall–Kier alpha value is -5.36. The summed E-state index contributed by atoms with van der Waals surface area (Å²) in [4.78, 5) is 10.1. The number of rotatable bonds is 6. The monoisotopic (exact) mass is 554 g/mol. The fraction of sp³-hybridized carbons (Fsp3) is 0. The van der Waals surface area contributed by atoms with Gasteiger partial charge in [-0.1, -0.05) is 146 Å². The lowest BCUT2D eigenvalue weighted by molar-refractivity contribution is 0.426. The Bertz CT molecular complexity index is 2030. The minimum Gasteiger partial charge on any atom is -0.423 e. The molecule has 1 aromatic heterocycles. The van der Waals surface area contributed by atoms with Gasteiger partial charge in [-0.15, -0.1) is 0 Å². The van der Waals surface area contributed by atoms with Crippen molar-refractivity contribution in [3.8, 4) is 56.2 Å². The minimum atomic E-state index is -1.49. The van der Waals surface area contributed by atoms with Crippen molar-refractivity contribution in [3.63, 3.8) is 0 Å². The Balaban J connectivity index is 1.37. The van der Waals surface area contributed by atoms with Crippen LogP contribution < -0.4 is 5.46 Å². The zero-order valence-electron chi connectivity index (χ0n) is 23.3. The third-order valence-electron chi connectivity index (χ3n) is 7.77. The summed E-state index contributed by atoms with van der Waals surface area (Å²) in [5.41, 5.74) is 9.55. The van der Waals surface area contributed by atoms with Crippen LogP contribution in [-0.2, 0) is 0 Å². The number of aromatic nitrogens is 2. The summed E-state index contributed by atoms with van der Waals surface area (Å²) in [7, 11) is -1.49. The summed E-state index contributed by atoms with van der Waals surface area (Å²) < 4.78 is 0. The fourth-order valence-corrected chi connectivity index (χ4v) is 5.52. The van der Waals surface area contributed by atoms with Crippen LogP contribution in [0, 0.1) is 0 Å². The first-order valence-corrected chi connectivity index (χ1v) is 14.2. The van der Waals surface area contributed by atoms with E-state index in [1.807, 2.05) is 60.7 Å². The predicted octanol–water partition coefficient (Wildman–Crippen LogP) is 7.64. The van der Waals surface area contributed by atoms with E-state index in [9.17, 15) is 10.0 Å². The quantitative estimate of drug-likeness (QED) is 0.207. The van der Waals surface area contributed by atoms with E-state index in [0.29, 0.717) is 11.3 Å². The van der Waals surface area contributed by atoms with Crippen molar-refractivity contribution >= 4 is 23.4 Å². The molecule has 0 saturated carbocycles. The molecule has 7 aromatic rings. The first-order chi connectivity index (χ1) is 21.1.